The number of hydrogen-bond acceptors (Lipinski definition) is 6. The van der Waals surface area contributed by atoms with Gasteiger partial charge in [-0.3, -0.25) is 9.59 Å². The second-order valence-electron chi connectivity index (χ2n) is 6.23. The van der Waals surface area contributed by atoms with Crippen molar-refractivity contribution in [2.45, 2.75) is 46.0 Å². The molecule has 2 rings (SSSR count). The van der Waals surface area contributed by atoms with Gasteiger partial charge < -0.3 is 15.2 Å². The fourth-order valence-corrected chi connectivity index (χ4v) is 3.18. The van der Waals surface area contributed by atoms with Crippen LogP contribution in [0.3, 0.4) is 0 Å². The van der Waals surface area contributed by atoms with Crippen molar-refractivity contribution in [1.82, 2.24) is 5.32 Å². The first kappa shape index (κ1) is 20.0. The predicted octanol–water partition coefficient (Wildman–Crippen LogP) is 1.46. The maximum absolute atomic E-state index is 11.3. The van der Waals surface area contributed by atoms with Gasteiger partial charge in [-0.05, 0) is 6.42 Å². The second-order valence-corrected chi connectivity index (χ2v) is 6.23. The molecule has 0 aromatic heterocycles. The molecule has 0 bridgehead atoms. The van der Waals surface area contributed by atoms with Crippen LogP contribution in [0, 0.1) is 11.3 Å². The van der Waals surface area contributed by atoms with Crippen molar-refractivity contribution < 1.29 is 29.0 Å². The van der Waals surface area contributed by atoms with Crippen molar-refractivity contribution >= 4 is 23.7 Å². The van der Waals surface area contributed by atoms with E-state index in [0.717, 1.165) is 26.4 Å². The van der Waals surface area contributed by atoms with E-state index in [1.807, 2.05) is 0 Å². The van der Waals surface area contributed by atoms with E-state index in [2.05, 4.69) is 17.0 Å². The summed E-state index contributed by atoms with van der Waals surface area (Å²) in [5.74, 6) is -2.15. The molecule has 0 aromatic carbocycles. The Morgan fingerprint density at radius 1 is 1.33 bits per heavy atom. The topological polar surface area (TPSA) is 110 Å². The number of esters is 2. The molecular weight excluding hydrogens is 314 g/mol. The number of hydrogen-bond donors (Lipinski definition) is 2. The minimum atomic E-state index is -1.27. The summed E-state index contributed by atoms with van der Waals surface area (Å²) in [5, 5.41) is 11.4. The Morgan fingerprint density at radius 3 is 2.58 bits per heavy atom. The zero-order valence-corrected chi connectivity index (χ0v) is 14.2. The standard InChI is InChI=1S/C11H19NO.C6H6O5/c1-2-3-4-5-11-6-10(13)9(11)7-12-8-11;1-4(7)11-6(10)3-2-5(8)9/h9,12H,2-8H2,1H3;2-3H,1H3,(H,8,9). The Hall–Kier alpha value is -2.02. The number of fused-ring (bicyclic) bond motifs is 1. The normalized spacial score (nSPS) is 24.6. The molecule has 1 saturated heterocycles. The molecule has 2 aliphatic rings. The molecule has 0 amide bonds. The van der Waals surface area contributed by atoms with Gasteiger partial charge in [0.2, 0.25) is 0 Å². The number of aliphatic carboxylic acids is 1. The number of ether oxygens (including phenoxy) is 1. The first-order valence-electron chi connectivity index (χ1n) is 8.17. The number of carbonyl (C=O) groups is 4. The lowest BCUT2D eigenvalue weighted by Gasteiger charge is -2.42. The van der Waals surface area contributed by atoms with E-state index < -0.39 is 17.9 Å². The number of Topliss-reactive ketones (excluding diaryl/α,β-unsaturated/α-hetero) is 1. The molecule has 24 heavy (non-hydrogen) atoms. The van der Waals surface area contributed by atoms with E-state index in [1.54, 1.807) is 0 Å². The molecule has 2 unspecified atom stereocenters. The molecule has 0 radical (unpaired) electrons. The summed E-state index contributed by atoms with van der Waals surface area (Å²) in [6.45, 7) is 5.32. The van der Waals surface area contributed by atoms with Crippen LogP contribution in [0.5, 0.6) is 0 Å². The van der Waals surface area contributed by atoms with Crippen molar-refractivity contribution in [2.75, 3.05) is 13.1 Å². The van der Waals surface area contributed by atoms with E-state index in [1.165, 1.54) is 25.7 Å². The van der Waals surface area contributed by atoms with Crippen LogP contribution in [0.4, 0.5) is 0 Å². The Balaban J connectivity index is 0.000000245. The lowest BCUT2D eigenvalue weighted by atomic mass is 9.59. The van der Waals surface area contributed by atoms with Gasteiger partial charge in [-0.2, -0.15) is 0 Å². The van der Waals surface area contributed by atoms with Gasteiger partial charge in [-0.1, -0.05) is 26.2 Å². The van der Waals surface area contributed by atoms with Crippen LogP contribution in [0.1, 0.15) is 46.0 Å². The van der Waals surface area contributed by atoms with Crippen molar-refractivity contribution in [3.63, 3.8) is 0 Å². The number of carboxylic acids is 1. The third-order valence-corrected chi connectivity index (χ3v) is 4.36. The summed E-state index contributed by atoms with van der Waals surface area (Å²) in [6.07, 6.45) is 7.28. The van der Waals surface area contributed by atoms with Crippen molar-refractivity contribution in [2.24, 2.45) is 11.3 Å². The van der Waals surface area contributed by atoms with Crippen LogP contribution in [-0.2, 0) is 23.9 Å². The lowest BCUT2D eigenvalue weighted by Crippen LogP contribution is -2.47. The van der Waals surface area contributed by atoms with Gasteiger partial charge in [0.1, 0.15) is 5.78 Å². The Labute approximate surface area is 141 Å². The summed E-state index contributed by atoms with van der Waals surface area (Å²) in [4.78, 5) is 41.6. The summed E-state index contributed by atoms with van der Waals surface area (Å²) >= 11 is 0. The molecule has 1 aliphatic carbocycles. The maximum Gasteiger partial charge on any atom is 0.338 e. The summed E-state index contributed by atoms with van der Waals surface area (Å²) < 4.78 is 3.97. The number of unbranched alkanes of at least 4 members (excludes halogenated alkanes) is 2. The Bertz CT molecular complexity index is 527. The monoisotopic (exact) mass is 339 g/mol. The second kappa shape index (κ2) is 9.32. The van der Waals surface area contributed by atoms with Gasteiger partial charge in [0, 0.05) is 49.9 Å². The van der Waals surface area contributed by atoms with Crippen LogP contribution in [0.25, 0.3) is 0 Å². The molecule has 1 aliphatic heterocycles. The maximum atomic E-state index is 11.3. The average molecular weight is 339 g/mol. The number of nitrogens with one attached hydrogen (secondary N) is 1. The smallest absolute Gasteiger partial charge is 0.338 e. The van der Waals surface area contributed by atoms with Gasteiger partial charge in [-0.15, -0.1) is 0 Å². The first-order chi connectivity index (χ1) is 11.3. The van der Waals surface area contributed by atoms with Crippen LogP contribution in [-0.4, -0.2) is 41.9 Å². The minimum Gasteiger partial charge on any atom is -0.478 e. The van der Waals surface area contributed by atoms with E-state index in [0.29, 0.717) is 29.3 Å². The van der Waals surface area contributed by atoms with Gasteiger partial charge in [0.15, 0.2) is 0 Å². The molecule has 2 N–H and O–H groups in total. The lowest BCUT2D eigenvalue weighted by molar-refractivity contribution is -0.154. The third kappa shape index (κ3) is 5.88. The SMILES string of the molecule is CC(=O)OC(=O)C=CC(=O)O.CCCCCC12CNCC1C(=O)C2. The highest BCUT2D eigenvalue weighted by Gasteiger charge is 2.55. The van der Waals surface area contributed by atoms with Gasteiger partial charge in [-0.25, -0.2) is 9.59 Å². The zero-order chi connectivity index (χ0) is 18.2. The Kier molecular flexibility index (Phi) is 7.78. The molecule has 1 heterocycles. The minimum absolute atomic E-state index is 0.379. The van der Waals surface area contributed by atoms with Crippen LogP contribution in [0.15, 0.2) is 12.2 Å². The van der Waals surface area contributed by atoms with Gasteiger partial charge in [0.25, 0.3) is 0 Å². The molecule has 1 saturated carbocycles. The van der Waals surface area contributed by atoms with Crippen LogP contribution < -0.4 is 5.32 Å². The highest BCUT2D eigenvalue weighted by molar-refractivity contribution is 5.95. The van der Waals surface area contributed by atoms with E-state index in [4.69, 9.17) is 5.11 Å². The summed E-state index contributed by atoms with van der Waals surface area (Å²) in [5.41, 5.74) is 0.395. The van der Waals surface area contributed by atoms with Crippen LogP contribution >= 0.6 is 0 Å². The van der Waals surface area contributed by atoms with Gasteiger partial charge in [0.05, 0.1) is 0 Å². The molecule has 134 valence electrons. The quantitative estimate of drug-likeness (QED) is 0.326. The number of rotatable bonds is 6. The highest BCUT2D eigenvalue weighted by Crippen LogP contribution is 2.49. The zero-order valence-electron chi connectivity index (χ0n) is 14.2. The number of ketones is 1. The van der Waals surface area contributed by atoms with Crippen molar-refractivity contribution in [3.8, 4) is 0 Å². The molecule has 0 aromatic rings. The highest BCUT2D eigenvalue weighted by atomic mass is 16.6. The van der Waals surface area contributed by atoms with E-state index in [9.17, 15) is 19.2 Å². The Morgan fingerprint density at radius 2 is 2.04 bits per heavy atom. The first-order valence-corrected chi connectivity index (χ1v) is 8.17. The predicted molar refractivity (Wildman–Crippen MR) is 86.1 cm³/mol. The molecule has 7 heteroatoms. The molecule has 7 nitrogen and oxygen atoms in total. The molecule has 2 atom stereocenters. The fraction of sp³-hybridized carbons (Fsp3) is 0.647. The van der Waals surface area contributed by atoms with Crippen molar-refractivity contribution in [1.29, 1.82) is 0 Å². The molecule has 0 spiro atoms. The summed E-state index contributed by atoms with van der Waals surface area (Å²) in [7, 11) is 0. The number of carboxylic acid groups (broad SMARTS) is 1. The molecular formula is C17H25NO6. The molecule has 2 fully saturated rings. The van der Waals surface area contributed by atoms with E-state index in [-0.39, 0.29) is 0 Å². The van der Waals surface area contributed by atoms with Gasteiger partial charge >= 0.3 is 17.9 Å². The summed E-state index contributed by atoms with van der Waals surface area (Å²) in [6, 6.07) is 0. The third-order valence-electron chi connectivity index (χ3n) is 4.36. The fourth-order valence-electron chi connectivity index (χ4n) is 3.18. The largest absolute Gasteiger partial charge is 0.478 e. The van der Waals surface area contributed by atoms with Crippen molar-refractivity contribution in [3.05, 3.63) is 12.2 Å². The average Bonchev–Trinajstić information content (AvgIpc) is 2.82. The van der Waals surface area contributed by atoms with Crippen LogP contribution in [0.2, 0.25) is 0 Å². The van der Waals surface area contributed by atoms with E-state index >= 15 is 0 Å². The number of carbonyl (C=O) groups excluding carboxylic acids is 3.